The molecule has 1 aliphatic heterocycles. The fourth-order valence-corrected chi connectivity index (χ4v) is 9.32. The van der Waals surface area contributed by atoms with Gasteiger partial charge in [-0.3, -0.25) is 4.79 Å². The summed E-state index contributed by atoms with van der Waals surface area (Å²) in [7, 11) is 0. The first-order valence-electron chi connectivity index (χ1n) is 28.6. The zero-order valence-corrected chi connectivity index (χ0v) is 43.0. The lowest BCUT2D eigenvalue weighted by Crippen LogP contribution is -2.59. The molecule has 6 unspecified atom stereocenters. The second-order valence-corrected chi connectivity index (χ2v) is 20.1. The summed E-state index contributed by atoms with van der Waals surface area (Å²) in [5.74, 6) is -0.303. The van der Waals surface area contributed by atoms with Gasteiger partial charge >= 0.3 is 5.97 Å². The molecule has 0 spiro atoms. The van der Waals surface area contributed by atoms with Crippen molar-refractivity contribution in [2.75, 3.05) is 26.4 Å². The highest BCUT2D eigenvalue weighted by atomic mass is 16.7. The van der Waals surface area contributed by atoms with Crippen LogP contribution in [0.25, 0.3) is 0 Å². The summed E-state index contributed by atoms with van der Waals surface area (Å²) in [4.78, 5) is 12.9. The number of ether oxygens (including phenoxy) is 4. The molecular weight excluding hydrogens is 817 g/mol. The van der Waals surface area contributed by atoms with Gasteiger partial charge in [0, 0.05) is 13.0 Å². The Kier molecular flexibility index (Phi) is 46.1. The molecule has 0 aromatic rings. The smallest absolute Gasteiger partial charge is 0.306 e. The van der Waals surface area contributed by atoms with Crippen LogP contribution < -0.4 is 0 Å². The van der Waals surface area contributed by atoms with Gasteiger partial charge in [0.25, 0.3) is 0 Å². The molecule has 0 radical (unpaired) electrons. The molecule has 65 heavy (non-hydrogen) atoms. The van der Waals surface area contributed by atoms with Crippen molar-refractivity contribution in [3.63, 3.8) is 0 Å². The molecule has 0 bridgehead atoms. The molecule has 4 N–H and O–H groups in total. The maximum absolute atomic E-state index is 12.9. The van der Waals surface area contributed by atoms with Gasteiger partial charge in [0.05, 0.1) is 19.8 Å². The monoisotopic (exact) mass is 927 g/mol. The highest BCUT2D eigenvalue weighted by Gasteiger charge is 2.44. The summed E-state index contributed by atoms with van der Waals surface area (Å²) in [6, 6.07) is 0. The molecule has 0 aromatic heterocycles. The number of unbranched alkanes of at least 4 members (excludes halogenated alkanes) is 40. The van der Waals surface area contributed by atoms with E-state index in [1.165, 1.54) is 238 Å². The lowest BCUT2D eigenvalue weighted by atomic mass is 9.99. The minimum atomic E-state index is -1.53. The molecular formula is C56H110O9. The molecule has 9 nitrogen and oxygen atoms in total. The van der Waals surface area contributed by atoms with Crippen molar-refractivity contribution in [2.24, 2.45) is 0 Å². The van der Waals surface area contributed by atoms with E-state index in [2.05, 4.69) is 13.8 Å². The Hall–Kier alpha value is -0.810. The lowest BCUT2D eigenvalue weighted by Gasteiger charge is -2.39. The fraction of sp³-hybridized carbons (Fsp3) is 0.982. The van der Waals surface area contributed by atoms with Crippen LogP contribution in [0.3, 0.4) is 0 Å². The van der Waals surface area contributed by atoms with Crippen molar-refractivity contribution < 1.29 is 44.2 Å². The molecule has 0 aliphatic carbocycles. The van der Waals surface area contributed by atoms with E-state index in [1.54, 1.807) is 0 Å². The van der Waals surface area contributed by atoms with E-state index in [1.807, 2.05) is 0 Å². The number of hydrogen-bond donors (Lipinski definition) is 4. The van der Waals surface area contributed by atoms with E-state index in [-0.39, 0.29) is 19.2 Å². The summed E-state index contributed by atoms with van der Waals surface area (Å²) in [6.45, 7) is 4.65. The highest BCUT2D eigenvalue weighted by Crippen LogP contribution is 2.23. The number of aliphatic hydroxyl groups excluding tert-OH is 4. The van der Waals surface area contributed by atoms with Crippen molar-refractivity contribution in [3.05, 3.63) is 0 Å². The minimum absolute atomic E-state index is 0.104. The Morgan fingerprint density at radius 3 is 1.09 bits per heavy atom. The second kappa shape index (κ2) is 48.2. The average Bonchev–Trinajstić information content (AvgIpc) is 3.31. The molecule has 0 amide bonds. The number of rotatable bonds is 51. The van der Waals surface area contributed by atoms with E-state index in [0.717, 1.165) is 32.1 Å². The topological polar surface area (TPSA) is 135 Å². The summed E-state index contributed by atoms with van der Waals surface area (Å²) < 4.78 is 23.0. The normalized spacial score (nSPS) is 19.3. The van der Waals surface area contributed by atoms with Crippen LogP contribution in [-0.4, -0.2) is 89.6 Å². The third kappa shape index (κ3) is 38.7. The Labute approximate surface area is 402 Å². The van der Waals surface area contributed by atoms with Crippen LogP contribution in [0.15, 0.2) is 0 Å². The Balaban J connectivity index is 2.13. The fourth-order valence-electron chi connectivity index (χ4n) is 9.32. The lowest BCUT2D eigenvalue weighted by molar-refractivity contribution is -0.305. The molecule has 6 atom stereocenters. The van der Waals surface area contributed by atoms with Gasteiger partial charge in [0.15, 0.2) is 6.29 Å². The molecule has 1 saturated heterocycles. The first kappa shape index (κ1) is 62.2. The summed E-state index contributed by atoms with van der Waals surface area (Å²) in [6.07, 6.45) is 48.6. The molecule has 1 aliphatic rings. The molecule has 1 fully saturated rings. The number of aliphatic hydroxyl groups is 4. The van der Waals surface area contributed by atoms with Crippen LogP contribution in [0.5, 0.6) is 0 Å². The van der Waals surface area contributed by atoms with Crippen molar-refractivity contribution in [1.82, 2.24) is 0 Å². The summed E-state index contributed by atoms with van der Waals surface area (Å²) in [5, 5.41) is 40.3. The van der Waals surface area contributed by atoms with E-state index in [9.17, 15) is 25.2 Å². The van der Waals surface area contributed by atoms with Crippen molar-refractivity contribution in [1.29, 1.82) is 0 Å². The number of carbonyl (C=O) groups excluding carboxylic acids is 1. The molecule has 0 aromatic carbocycles. The van der Waals surface area contributed by atoms with E-state index in [4.69, 9.17) is 18.9 Å². The van der Waals surface area contributed by atoms with E-state index < -0.39 is 43.4 Å². The number of hydrogen-bond acceptors (Lipinski definition) is 9. The van der Waals surface area contributed by atoms with Gasteiger partial charge in [-0.2, -0.15) is 0 Å². The molecule has 1 rings (SSSR count). The van der Waals surface area contributed by atoms with Gasteiger partial charge in [0.1, 0.15) is 30.5 Å². The van der Waals surface area contributed by atoms with Gasteiger partial charge in [0.2, 0.25) is 0 Å². The zero-order valence-electron chi connectivity index (χ0n) is 43.0. The van der Waals surface area contributed by atoms with Gasteiger partial charge in [-0.05, 0) is 12.8 Å². The van der Waals surface area contributed by atoms with Crippen molar-refractivity contribution in [3.8, 4) is 0 Å². The van der Waals surface area contributed by atoms with E-state index in [0.29, 0.717) is 13.0 Å². The second-order valence-electron chi connectivity index (χ2n) is 20.1. The van der Waals surface area contributed by atoms with E-state index >= 15 is 0 Å². The maximum Gasteiger partial charge on any atom is 0.306 e. The highest BCUT2D eigenvalue weighted by molar-refractivity contribution is 5.69. The molecule has 9 heteroatoms. The average molecular weight is 927 g/mol. The van der Waals surface area contributed by atoms with Gasteiger partial charge < -0.3 is 39.4 Å². The van der Waals surface area contributed by atoms with Crippen LogP contribution in [-0.2, 0) is 23.7 Å². The zero-order chi connectivity index (χ0) is 47.1. The largest absolute Gasteiger partial charge is 0.457 e. The van der Waals surface area contributed by atoms with Crippen molar-refractivity contribution in [2.45, 2.75) is 327 Å². The number of esters is 1. The van der Waals surface area contributed by atoms with Crippen LogP contribution in [0.4, 0.5) is 0 Å². The third-order valence-electron chi connectivity index (χ3n) is 13.8. The Morgan fingerprint density at radius 2 is 0.754 bits per heavy atom. The first-order valence-corrected chi connectivity index (χ1v) is 28.6. The van der Waals surface area contributed by atoms with Crippen molar-refractivity contribution >= 4 is 5.97 Å². The predicted octanol–water partition coefficient (Wildman–Crippen LogP) is 14.5. The maximum atomic E-state index is 12.9. The van der Waals surface area contributed by atoms with Gasteiger partial charge in [-0.1, -0.05) is 271 Å². The van der Waals surface area contributed by atoms with Crippen LogP contribution in [0.2, 0.25) is 0 Å². The molecule has 1 heterocycles. The third-order valence-corrected chi connectivity index (χ3v) is 13.8. The van der Waals surface area contributed by atoms with Crippen LogP contribution in [0.1, 0.15) is 290 Å². The molecule has 388 valence electrons. The standard InChI is InChI=1S/C56H110O9/c1-3-5-7-9-11-13-15-17-19-21-23-25-27-29-31-33-35-37-39-41-43-45-52(58)64-50(49-63-56-55(61)54(60)53(59)51(47-57)65-56)48-62-46-44-42-40-38-36-34-32-30-28-26-24-22-20-18-16-14-12-10-8-6-4-2/h50-51,53-57,59-61H,3-49H2,1-2H3. The Bertz CT molecular complexity index is 966. The van der Waals surface area contributed by atoms with Crippen LogP contribution >= 0.6 is 0 Å². The summed E-state index contributed by atoms with van der Waals surface area (Å²) >= 11 is 0. The van der Waals surface area contributed by atoms with Crippen LogP contribution in [0, 0.1) is 0 Å². The number of carbonyl (C=O) groups is 1. The minimum Gasteiger partial charge on any atom is -0.457 e. The quantitative estimate of drug-likeness (QED) is 0.0347. The summed E-state index contributed by atoms with van der Waals surface area (Å²) in [5.41, 5.74) is 0. The van der Waals surface area contributed by atoms with Gasteiger partial charge in [-0.25, -0.2) is 0 Å². The SMILES string of the molecule is CCCCCCCCCCCCCCCCCCCCCCCOCC(COC1OC(CO)C(O)C(O)C1O)OC(=O)CCCCCCCCCCCCCCCCCCCCCCC. The first-order chi connectivity index (χ1) is 31.9. The predicted molar refractivity (Wildman–Crippen MR) is 270 cm³/mol. The Morgan fingerprint density at radius 1 is 0.431 bits per heavy atom. The molecule has 0 saturated carbocycles. The van der Waals surface area contributed by atoms with Gasteiger partial charge in [-0.15, -0.1) is 0 Å².